The van der Waals surface area contributed by atoms with E-state index in [1.54, 1.807) is 0 Å². The van der Waals surface area contributed by atoms with Crippen LogP contribution in [0.15, 0.2) is 4.52 Å². The molecule has 2 N–H and O–H groups in total. The largest absolute Gasteiger partial charge is 0.337 e. The highest BCUT2D eigenvalue weighted by molar-refractivity contribution is 5.06. The lowest BCUT2D eigenvalue weighted by Crippen LogP contribution is -2.36. The lowest BCUT2D eigenvalue weighted by atomic mass is 9.85. The highest BCUT2D eigenvalue weighted by atomic mass is 16.5. The van der Waals surface area contributed by atoms with Gasteiger partial charge in [0.1, 0.15) is 0 Å². The molecule has 1 aromatic rings. The predicted molar refractivity (Wildman–Crippen MR) is 64.5 cm³/mol. The van der Waals surface area contributed by atoms with Crippen LogP contribution in [0.25, 0.3) is 0 Å². The van der Waals surface area contributed by atoms with Crippen LogP contribution in [-0.4, -0.2) is 10.1 Å². The van der Waals surface area contributed by atoms with Crippen LogP contribution >= 0.6 is 0 Å². The van der Waals surface area contributed by atoms with Crippen LogP contribution in [0.5, 0.6) is 0 Å². The van der Waals surface area contributed by atoms with Gasteiger partial charge in [0.15, 0.2) is 5.82 Å². The third-order valence-electron chi connectivity index (χ3n) is 4.33. The molecular formula is C13H21N3O. The molecule has 0 saturated heterocycles. The summed E-state index contributed by atoms with van der Waals surface area (Å²) >= 11 is 0. The Bertz CT molecular complexity index is 376. The molecule has 94 valence electrons. The Morgan fingerprint density at radius 3 is 2.35 bits per heavy atom. The van der Waals surface area contributed by atoms with E-state index >= 15 is 0 Å². The van der Waals surface area contributed by atoms with Gasteiger partial charge in [-0.25, -0.2) is 0 Å². The molecule has 4 heteroatoms. The van der Waals surface area contributed by atoms with Gasteiger partial charge in [-0.3, -0.25) is 0 Å². The van der Waals surface area contributed by atoms with E-state index in [0.29, 0.717) is 11.8 Å². The minimum absolute atomic E-state index is 0.356. The average molecular weight is 235 g/mol. The van der Waals surface area contributed by atoms with E-state index in [2.05, 4.69) is 10.1 Å². The predicted octanol–water partition coefficient (Wildman–Crippen LogP) is 2.85. The molecule has 2 saturated carbocycles. The van der Waals surface area contributed by atoms with Crippen LogP contribution in [0, 0.1) is 0 Å². The Balaban J connectivity index is 1.79. The third-order valence-corrected chi connectivity index (χ3v) is 4.33. The fourth-order valence-corrected chi connectivity index (χ4v) is 2.84. The molecule has 0 aromatic carbocycles. The first-order chi connectivity index (χ1) is 8.28. The van der Waals surface area contributed by atoms with Gasteiger partial charge in [0.2, 0.25) is 5.89 Å². The quantitative estimate of drug-likeness (QED) is 0.800. The van der Waals surface area contributed by atoms with Gasteiger partial charge in [-0.2, -0.15) is 4.98 Å². The minimum Gasteiger partial charge on any atom is -0.337 e. The Hall–Kier alpha value is -0.900. The van der Waals surface area contributed by atoms with E-state index in [1.807, 2.05) is 0 Å². The van der Waals surface area contributed by atoms with Crippen molar-refractivity contribution in [1.82, 2.24) is 10.1 Å². The van der Waals surface area contributed by atoms with Gasteiger partial charge in [-0.15, -0.1) is 0 Å². The molecular weight excluding hydrogens is 214 g/mol. The summed E-state index contributed by atoms with van der Waals surface area (Å²) in [5, 5.41) is 4.12. The molecule has 2 aliphatic rings. The van der Waals surface area contributed by atoms with Gasteiger partial charge in [0.05, 0.1) is 5.54 Å². The van der Waals surface area contributed by atoms with Gasteiger partial charge in [0, 0.05) is 5.92 Å². The van der Waals surface area contributed by atoms with Crippen molar-refractivity contribution in [3.63, 3.8) is 0 Å². The first kappa shape index (κ1) is 11.2. The molecule has 1 heterocycles. The highest BCUT2D eigenvalue weighted by Gasteiger charge is 2.35. The Morgan fingerprint density at radius 2 is 1.76 bits per heavy atom. The second-order valence-electron chi connectivity index (χ2n) is 5.66. The number of aromatic nitrogens is 2. The topological polar surface area (TPSA) is 64.9 Å². The van der Waals surface area contributed by atoms with E-state index in [-0.39, 0.29) is 5.54 Å². The van der Waals surface area contributed by atoms with Crippen molar-refractivity contribution in [1.29, 1.82) is 0 Å². The molecule has 0 spiro atoms. The van der Waals surface area contributed by atoms with Crippen molar-refractivity contribution >= 4 is 0 Å². The molecule has 0 aliphatic heterocycles. The number of hydrogen-bond acceptors (Lipinski definition) is 4. The van der Waals surface area contributed by atoms with Gasteiger partial charge >= 0.3 is 0 Å². The average Bonchev–Trinajstić information content (AvgIpc) is 2.60. The molecule has 0 atom stereocenters. The second kappa shape index (κ2) is 4.41. The number of rotatable bonds is 2. The van der Waals surface area contributed by atoms with Gasteiger partial charge in [-0.05, 0) is 25.7 Å². The summed E-state index contributed by atoms with van der Waals surface area (Å²) < 4.78 is 5.43. The van der Waals surface area contributed by atoms with Crippen molar-refractivity contribution in [2.24, 2.45) is 5.73 Å². The van der Waals surface area contributed by atoms with Crippen LogP contribution in [0.1, 0.15) is 75.4 Å². The summed E-state index contributed by atoms with van der Waals surface area (Å²) in [7, 11) is 0. The van der Waals surface area contributed by atoms with Crippen LogP contribution in [-0.2, 0) is 5.54 Å². The van der Waals surface area contributed by atoms with Crippen molar-refractivity contribution in [3.05, 3.63) is 11.7 Å². The first-order valence-corrected chi connectivity index (χ1v) is 6.91. The number of nitrogens with zero attached hydrogens (tertiary/aromatic N) is 2. The van der Waals surface area contributed by atoms with Crippen LogP contribution < -0.4 is 5.73 Å². The molecule has 0 unspecified atom stereocenters. The van der Waals surface area contributed by atoms with Gasteiger partial charge in [0.25, 0.3) is 0 Å². The number of hydrogen-bond donors (Lipinski definition) is 1. The Morgan fingerprint density at radius 1 is 1.06 bits per heavy atom. The van der Waals surface area contributed by atoms with E-state index < -0.39 is 0 Å². The Kier molecular flexibility index (Phi) is 2.90. The lowest BCUT2D eigenvalue weighted by molar-refractivity contribution is 0.255. The van der Waals surface area contributed by atoms with Crippen LogP contribution in [0.2, 0.25) is 0 Å². The van der Waals surface area contributed by atoms with Crippen molar-refractivity contribution < 1.29 is 4.52 Å². The van der Waals surface area contributed by atoms with Gasteiger partial charge in [-0.1, -0.05) is 37.3 Å². The molecule has 0 bridgehead atoms. The minimum atomic E-state index is -0.356. The molecule has 4 nitrogen and oxygen atoms in total. The molecule has 0 radical (unpaired) electrons. The van der Waals surface area contributed by atoms with Crippen molar-refractivity contribution in [3.8, 4) is 0 Å². The first-order valence-electron chi connectivity index (χ1n) is 6.91. The normalized spacial score (nSPS) is 25.2. The fourth-order valence-electron chi connectivity index (χ4n) is 2.84. The molecule has 2 fully saturated rings. The maximum absolute atomic E-state index is 6.46. The van der Waals surface area contributed by atoms with E-state index in [0.717, 1.165) is 18.7 Å². The molecule has 17 heavy (non-hydrogen) atoms. The molecule has 0 amide bonds. The summed E-state index contributed by atoms with van der Waals surface area (Å²) in [5.74, 6) is 2.10. The second-order valence-corrected chi connectivity index (χ2v) is 5.66. The molecule has 2 aliphatic carbocycles. The SMILES string of the molecule is NC1(c2nc(C3CCC3)no2)CCCCCC1. The fraction of sp³-hybridized carbons (Fsp3) is 0.846. The highest BCUT2D eigenvalue weighted by Crippen LogP contribution is 2.37. The van der Waals surface area contributed by atoms with E-state index in [9.17, 15) is 0 Å². The smallest absolute Gasteiger partial charge is 0.246 e. The standard InChI is InChI=1S/C13H21N3O/c14-13(8-3-1-2-4-9-13)12-15-11(16-17-12)10-6-5-7-10/h10H,1-9,14H2. The summed E-state index contributed by atoms with van der Waals surface area (Å²) in [5.41, 5.74) is 6.10. The monoisotopic (exact) mass is 235 g/mol. The van der Waals surface area contributed by atoms with E-state index in [1.165, 1.54) is 44.9 Å². The summed E-state index contributed by atoms with van der Waals surface area (Å²) in [4.78, 5) is 4.57. The van der Waals surface area contributed by atoms with Crippen LogP contribution in [0.3, 0.4) is 0 Å². The third kappa shape index (κ3) is 2.10. The summed E-state index contributed by atoms with van der Waals surface area (Å²) in [6.07, 6.45) is 10.6. The lowest BCUT2D eigenvalue weighted by Gasteiger charge is -2.23. The number of nitrogens with two attached hydrogens (primary N) is 1. The van der Waals surface area contributed by atoms with Gasteiger partial charge < -0.3 is 10.3 Å². The van der Waals surface area contributed by atoms with Crippen LogP contribution in [0.4, 0.5) is 0 Å². The molecule has 3 rings (SSSR count). The Labute approximate surface area is 102 Å². The summed E-state index contributed by atoms with van der Waals surface area (Å²) in [6.45, 7) is 0. The zero-order chi connectivity index (χ0) is 11.7. The van der Waals surface area contributed by atoms with Crippen molar-refractivity contribution in [2.75, 3.05) is 0 Å². The maximum Gasteiger partial charge on any atom is 0.246 e. The van der Waals surface area contributed by atoms with Crippen molar-refractivity contribution in [2.45, 2.75) is 69.2 Å². The maximum atomic E-state index is 6.46. The molecule has 1 aromatic heterocycles. The zero-order valence-electron chi connectivity index (χ0n) is 10.3. The summed E-state index contributed by atoms with van der Waals surface area (Å²) in [6, 6.07) is 0. The zero-order valence-corrected chi connectivity index (χ0v) is 10.3. The van der Waals surface area contributed by atoms with E-state index in [4.69, 9.17) is 10.3 Å².